The van der Waals surface area contributed by atoms with Crippen LogP contribution in [0.3, 0.4) is 0 Å². The first-order valence-corrected chi connectivity index (χ1v) is 7.01. The molecule has 0 fully saturated rings. The Morgan fingerprint density at radius 3 is 2.33 bits per heavy atom. The number of aliphatic hydroxyl groups excluding tert-OH is 1. The Kier molecular flexibility index (Phi) is 7.18. The van der Waals surface area contributed by atoms with Crippen LogP contribution >= 0.6 is 12.2 Å². The molecule has 1 aromatic rings. The van der Waals surface area contributed by atoms with Crippen LogP contribution < -0.4 is 0 Å². The molecule has 0 aliphatic rings. The summed E-state index contributed by atoms with van der Waals surface area (Å²) in [6.45, 7) is 4.14. The van der Waals surface area contributed by atoms with Gasteiger partial charge in [0.25, 0.3) is 0 Å². The highest BCUT2D eigenvalue weighted by atomic mass is 32.1. The third-order valence-electron chi connectivity index (χ3n) is 2.47. The second-order valence-corrected chi connectivity index (χ2v) is 4.31. The van der Waals surface area contributed by atoms with Crippen molar-refractivity contribution < 1.29 is 19.4 Å². The lowest BCUT2D eigenvalue weighted by Gasteiger charge is -2.07. The Morgan fingerprint density at radius 2 is 1.76 bits per heavy atom. The topological polar surface area (TPSA) is 55.8 Å². The summed E-state index contributed by atoms with van der Waals surface area (Å²) in [6.07, 6.45) is 2.80. The zero-order valence-electron chi connectivity index (χ0n) is 12.0. The van der Waals surface area contributed by atoms with E-state index in [1.807, 2.05) is 18.2 Å². The summed E-state index contributed by atoms with van der Waals surface area (Å²) >= 11 is 4.88. The standard InChI is InChI=1S/C16H18O4S/c1-3-19-15(18)13(12-8-6-5-7-9-12)10-11-14(17)16(21)20-4-2/h5-11,17H,3-4H2,1-2H3. The molecule has 0 spiro atoms. The van der Waals surface area contributed by atoms with E-state index in [2.05, 4.69) is 0 Å². The number of esters is 1. The molecule has 5 heteroatoms. The number of carbonyl (C=O) groups is 1. The lowest BCUT2D eigenvalue weighted by atomic mass is 10.1. The van der Waals surface area contributed by atoms with Gasteiger partial charge in [-0.05, 0) is 43.8 Å². The smallest absolute Gasteiger partial charge is 0.338 e. The molecule has 0 amide bonds. The minimum Gasteiger partial charge on any atom is -0.504 e. The summed E-state index contributed by atoms with van der Waals surface area (Å²) in [6, 6.07) is 9.06. The molecule has 0 heterocycles. The molecule has 0 aromatic heterocycles. The van der Waals surface area contributed by atoms with E-state index < -0.39 is 5.97 Å². The number of rotatable bonds is 6. The maximum absolute atomic E-state index is 12.0. The molecular weight excluding hydrogens is 288 g/mol. The fourth-order valence-electron chi connectivity index (χ4n) is 1.54. The van der Waals surface area contributed by atoms with Gasteiger partial charge >= 0.3 is 5.97 Å². The van der Waals surface area contributed by atoms with Crippen LogP contribution in [0.15, 0.2) is 48.2 Å². The SMILES string of the molecule is CCOC(=O)C(=CC=C(O)C(=S)OCC)c1ccccc1. The monoisotopic (exact) mass is 306 g/mol. The predicted octanol–water partition coefficient (Wildman–Crippen LogP) is 3.44. The molecule has 0 saturated carbocycles. The van der Waals surface area contributed by atoms with Crippen LogP contribution in [0.2, 0.25) is 0 Å². The Morgan fingerprint density at radius 1 is 1.14 bits per heavy atom. The molecule has 1 aromatic carbocycles. The molecule has 0 bridgehead atoms. The summed E-state index contributed by atoms with van der Waals surface area (Å²) in [5.74, 6) is -0.667. The van der Waals surface area contributed by atoms with Crippen molar-refractivity contribution in [1.82, 2.24) is 0 Å². The number of ether oxygens (including phenoxy) is 2. The van der Waals surface area contributed by atoms with Crippen LogP contribution in [0.25, 0.3) is 5.57 Å². The van der Waals surface area contributed by atoms with Crippen molar-refractivity contribution in [2.24, 2.45) is 0 Å². The van der Waals surface area contributed by atoms with Gasteiger partial charge in [-0.2, -0.15) is 0 Å². The quantitative estimate of drug-likeness (QED) is 0.287. The highest BCUT2D eigenvalue weighted by Crippen LogP contribution is 2.16. The van der Waals surface area contributed by atoms with E-state index in [0.29, 0.717) is 17.7 Å². The van der Waals surface area contributed by atoms with Crippen molar-refractivity contribution in [2.75, 3.05) is 13.2 Å². The highest BCUT2D eigenvalue weighted by Gasteiger charge is 2.12. The molecule has 0 unspecified atom stereocenters. The van der Waals surface area contributed by atoms with Gasteiger partial charge in [-0.3, -0.25) is 0 Å². The van der Waals surface area contributed by atoms with Gasteiger partial charge in [-0.1, -0.05) is 30.3 Å². The van der Waals surface area contributed by atoms with E-state index in [-0.39, 0.29) is 17.4 Å². The van der Waals surface area contributed by atoms with Crippen LogP contribution in [-0.2, 0) is 14.3 Å². The van der Waals surface area contributed by atoms with E-state index in [1.165, 1.54) is 12.2 Å². The van der Waals surface area contributed by atoms with E-state index in [0.717, 1.165) is 0 Å². The van der Waals surface area contributed by atoms with Crippen molar-refractivity contribution in [2.45, 2.75) is 13.8 Å². The number of carbonyl (C=O) groups excluding carboxylic acids is 1. The van der Waals surface area contributed by atoms with Crippen LogP contribution in [0.4, 0.5) is 0 Å². The molecule has 0 radical (unpaired) electrons. The molecule has 1 rings (SSSR count). The lowest BCUT2D eigenvalue weighted by Crippen LogP contribution is -2.07. The molecule has 0 atom stereocenters. The zero-order valence-corrected chi connectivity index (χ0v) is 12.9. The first kappa shape index (κ1) is 16.9. The van der Waals surface area contributed by atoms with Crippen LogP contribution in [0.5, 0.6) is 0 Å². The van der Waals surface area contributed by atoms with E-state index in [9.17, 15) is 9.90 Å². The highest BCUT2D eigenvalue weighted by molar-refractivity contribution is 7.80. The molecule has 112 valence electrons. The van der Waals surface area contributed by atoms with Crippen LogP contribution in [0.1, 0.15) is 19.4 Å². The van der Waals surface area contributed by atoms with Crippen LogP contribution in [-0.4, -0.2) is 29.3 Å². The fourth-order valence-corrected chi connectivity index (χ4v) is 1.73. The van der Waals surface area contributed by atoms with Gasteiger partial charge in [0.2, 0.25) is 5.05 Å². The summed E-state index contributed by atoms with van der Waals surface area (Å²) in [7, 11) is 0. The Hall–Kier alpha value is -2.14. The Balaban J connectivity index is 3.07. The number of hydrogen-bond acceptors (Lipinski definition) is 5. The molecule has 4 nitrogen and oxygen atoms in total. The minimum atomic E-state index is -0.463. The van der Waals surface area contributed by atoms with Gasteiger partial charge in [0, 0.05) is 0 Å². The molecule has 0 saturated heterocycles. The molecule has 21 heavy (non-hydrogen) atoms. The first-order chi connectivity index (χ1) is 10.1. The third-order valence-corrected chi connectivity index (χ3v) is 2.80. The zero-order chi connectivity index (χ0) is 15.7. The fraction of sp³-hybridized carbons (Fsp3) is 0.250. The van der Waals surface area contributed by atoms with Crippen molar-refractivity contribution in [3.05, 3.63) is 53.8 Å². The van der Waals surface area contributed by atoms with Gasteiger partial charge in [0.15, 0.2) is 5.76 Å². The minimum absolute atomic E-state index is 0.00924. The largest absolute Gasteiger partial charge is 0.504 e. The summed E-state index contributed by atoms with van der Waals surface area (Å²) < 4.78 is 10.0. The summed E-state index contributed by atoms with van der Waals surface area (Å²) in [4.78, 5) is 12.0. The van der Waals surface area contributed by atoms with E-state index in [4.69, 9.17) is 21.7 Å². The number of aliphatic hydroxyl groups is 1. The first-order valence-electron chi connectivity index (χ1n) is 6.60. The van der Waals surface area contributed by atoms with Gasteiger partial charge in [-0.25, -0.2) is 4.79 Å². The van der Waals surface area contributed by atoms with Gasteiger partial charge in [-0.15, -0.1) is 0 Å². The average Bonchev–Trinajstić information content (AvgIpc) is 2.49. The second-order valence-electron chi connectivity index (χ2n) is 3.94. The van der Waals surface area contributed by atoms with Crippen molar-refractivity contribution in [3.8, 4) is 0 Å². The molecule has 1 N–H and O–H groups in total. The predicted molar refractivity (Wildman–Crippen MR) is 86.0 cm³/mol. The Bertz CT molecular complexity index is 547. The molecular formula is C16H18O4S. The Labute approximate surface area is 129 Å². The van der Waals surface area contributed by atoms with Crippen molar-refractivity contribution in [1.29, 1.82) is 0 Å². The van der Waals surface area contributed by atoms with E-state index in [1.54, 1.807) is 26.0 Å². The van der Waals surface area contributed by atoms with Crippen molar-refractivity contribution in [3.63, 3.8) is 0 Å². The average molecular weight is 306 g/mol. The van der Waals surface area contributed by atoms with E-state index >= 15 is 0 Å². The molecule has 0 aliphatic carbocycles. The number of allylic oxidation sites excluding steroid dienone is 2. The number of benzene rings is 1. The van der Waals surface area contributed by atoms with Gasteiger partial charge < -0.3 is 14.6 Å². The normalized spacial score (nSPS) is 11.9. The maximum Gasteiger partial charge on any atom is 0.338 e. The molecule has 0 aliphatic heterocycles. The lowest BCUT2D eigenvalue weighted by molar-refractivity contribution is -0.136. The summed E-state index contributed by atoms with van der Waals surface area (Å²) in [5.41, 5.74) is 1.03. The van der Waals surface area contributed by atoms with Gasteiger partial charge in [0.05, 0.1) is 18.8 Å². The number of hydrogen-bond donors (Lipinski definition) is 1. The maximum atomic E-state index is 12.0. The summed E-state index contributed by atoms with van der Waals surface area (Å²) in [5, 5.41) is 9.75. The van der Waals surface area contributed by atoms with Gasteiger partial charge in [0.1, 0.15) is 0 Å². The van der Waals surface area contributed by atoms with Crippen molar-refractivity contribution >= 4 is 28.8 Å². The van der Waals surface area contributed by atoms with Crippen LogP contribution in [0, 0.1) is 0 Å². The third kappa shape index (κ3) is 5.39. The second kappa shape index (κ2) is 8.92. The number of thiocarbonyl (C=S) groups is 1.